The molecule has 28 heavy (non-hydrogen) atoms. The van der Waals surface area contributed by atoms with E-state index in [9.17, 15) is 9.59 Å². The second-order valence-electron chi connectivity index (χ2n) is 6.75. The van der Waals surface area contributed by atoms with Gasteiger partial charge in [0.15, 0.2) is 0 Å². The maximum atomic E-state index is 12.1. The number of hydrogen-bond acceptors (Lipinski definition) is 4. The van der Waals surface area contributed by atoms with E-state index in [0.29, 0.717) is 19.6 Å². The van der Waals surface area contributed by atoms with Crippen LogP contribution in [0.1, 0.15) is 24.8 Å². The largest absolute Gasteiger partial charge is 0.497 e. The van der Waals surface area contributed by atoms with Crippen LogP contribution in [-0.4, -0.2) is 38.7 Å². The summed E-state index contributed by atoms with van der Waals surface area (Å²) in [7, 11) is 1.66. The molecule has 2 aromatic carbocycles. The van der Waals surface area contributed by atoms with Gasteiger partial charge >= 0.3 is 0 Å². The number of benzene rings is 2. The summed E-state index contributed by atoms with van der Waals surface area (Å²) < 4.78 is 10.3. The first kappa shape index (κ1) is 19.9. The van der Waals surface area contributed by atoms with Crippen molar-refractivity contribution in [3.63, 3.8) is 0 Å². The zero-order valence-corrected chi connectivity index (χ0v) is 16.1. The molecule has 1 aliphatic heterocycles. The van der Waals surface area contributed by atoms with Crippen LogP contribution in [0.25, 0.3) is 0 Å². The fourth-order valence-corrected chi connectivity index (χ4v) is 3.15. The molecule has 0 unspecified atom stereocenters. The summed E-state index contributed by atoms with van der Waals surface area (Å²) in [6.07, 6.45) is 3.22. The molecule has 3 rings (SSSR count). The van der Waals surface area contributed by atoms with Gasteiger partial charge in [0.25, 0.3) is 5.91 Å². The van der Waals surface area contributed by atoms with Crippen LogP contribution in [0.5, 0.6) is 5.75 Å². The van der Waals surface area contributed by atoms with Crippen molar-refractivity contribution in [1.29, 1.82) is 0 Å². The molecular formula is C22H26N2O4. The molecule has 0 saturated carbocycles. The van der Waals surface area contributed by atoms with E-state index in [0.717, 1.165) is 36.4 Å². The molecule has 1 fully saturated rings. The van der Waals surface area contributed by atoms with E-state index in [4.69, 9.17) is 9.47 Å². The van der Waals surface area contributed by atoms with E-state index >= 15 is 0 Å². The van der Waals surface area contributed by atoms with Crippen LogP contribution >= 0.6 is 0 Å². The van der Waals surface area contributed by atoms with Gasteiger partial charge in [-0.1, -0.05) is 12.1 Å². The molecule has 6 heteroatoms. The van der Waals surface area contributed by atoms with Crippen molar-refractivity contribution in [3.8, 4) is 5.75 Å². The lowest BCUT2D eigenvalue weighted by Gasteiger charge is -2.26. The Morgan fingerprint density at radius 3 is 2.54 bits per heavy atom. The molecule has 0 bridgehead atoms. The minimum atomic E-state index is -0.0418. The first-order chi connectivity index (χ1) is 13.7. The predicted molar refractivity (Wildman–Crippen MR) is 109 cm³/mol. The third-order valence-electron chi connectivity index (χ3n) is 4.73. The first-order valence-electron chi connectivity index (χ1n) is 9.56. The quantitative estimate of drug-likeness (QED) is 0.711. The molecule has 1 heterocycles. The van der Waals surface area contributed by atoms with Crippen molar-refractivity contribution in [3.05, 3.63) is 54.1 Å². The number of rotatable bonds is 8. The first-order valence-corrected chi connectivity index (χ1v) is 9.56. The molecule has 0 aromatic heterocycles. The number of carbonyl (C=O) groups is 2. The second-order valence-corrected chi connectivity index (χ2v) is 6.75. The van der Waals surface area contributed by atoms with Gasteiger partial charge in [-0.3, -0.25) is 9.59 Å². The van der Waals surface area contributed by atoms with Gasteiger partial charge < -0.3 is 19.7 Å². The Balaban J connectivity index is 1.40. The normalized spacial score (nSPS) is 14.0. The van der Waals surface area contributed by atoms with Crippen LogP contribution in [0.15, 0.2) is 48.5 Å². The highest BCUT2D eigenvalue weighted by molar-refractivity contribution is 5.95. The van der Waals surface area contributed by atoms with Crippen LogP contribution in [0.4, 0.5) is 11.4 Å². The van der Waals surface area contributed by atoms with Crippen molar-refractivity contribution in [1.82, 2.24) is 0 Å². The molecular weight excluding hydrogens is 356 g/mol. The van der Waals surface area contributed by atoms with Crippen molar-refractivity contribution < 1.29 is 19.1 Å². The molecule has 1 saturated heterocycles. The summed E-state index contributed by atoms with van der Waals surface area (Å²) in [5.74, 6) is 0.817. The molecule has 2 aromatic rings. The predicted octanol–water partition coefficient (Wildman–Crippen LogP) is 3.41. The van der Waals surface area contributed by atoms with Gasteiger partial charge in [0, 0.05) is 24.3 Å². The van der Waals surface area contributed by atoms with Gasteiger partial charge in [-0.15, -0.1) is 0 Å². The topological polar surface area (TPSA) is 67.9 Å². The molecule has 148 valence electrons. The summed E-state index contributed by atoms with van der Waals surface area (Å²) in [6.45, 7) is 1.22. The van der Waals surface area contributed by atoms with Crippen LogP contribution in [0, 0.1) is 0 Å². The molecule has 0 spiro atoms. The Morgan fingerprint density at radius 1 is 1.11 bits per heavy atom. The Hall–Kier alpha value is -2.86. The average molecular weight is 382 g/mol. The number of hydrogen-bond donors (Lipinski definition) is 1. The van der Waals surface area contributed by atoms with Crippen molar-refractivity contribution in [2.24, 2.45) is 0 Å². The Bertz CT molecular complexity index is 787. The number of nitrogens with zero attached hydrogens (tertiary/aromatic N) is 1. The summed E-state index contributed by atoms with van der Waals surface area (Å²) in [6, 6.07) is 15.4. The van der Waals surface area contributed by atoms with Gasteiger partial charge in [0.1, 0.15) is 12.4 Å². The molecule has 2 amide bonds. The highest BCUT2D eigenvalue weighted by atomic mass is 16.5. The standard InChI is InChI=1S/C22H26N2O4/c1-27-20-12-6-17(7-13-20)4-2-3-5-21(25)23-18-8-10-19(11-9-18)24-14-15-28-16-22(24)26/h6-13H,2-5,14-16H2,1H3,(H,23,25). The zero-order valence-electron chi connectivity index (χ0n) is 16.1. The van der Waals surface area contributed by atoms with Gasteiger partial charge in [0.2, 0.25) is 5.91 Å². The van der Waals surface area contributed by atoms with Gasteiger partial charge in [-0.2, -0.15) is 0 Å². The lowest BCUT2D eigenvalue weighted by Crippen LogP contribution is -2.41. The Kier molecular flexibility index (Phi) is 7.03. The number of morpholine rings is 1. The monoisotopic (exact) mass is 382 g/mol. The third-order valence-corrected chi connectivity index (χ3v) is 4.73. The fraction of sp³-hybridized carbons (Fsp3) is 0.364. The maximum absolute atomic E-state index is 12.1. The van der Waals surface area contributed by atoms with Crippen LogP contribution in [0.3, 0.4) is 0 Å². The van der Waals surface area contributed by atoms with Crippen LogP contribution < -0.4 is 15.0 Å². The minimum Gasteiger partial charge on any atom is -0.497 e. The maximum Gasteiger partial charge on any atom is 0.253 e. The van der Waals surface area contributed by atoms with E-state index < -0.39 is 0 Å². The van der Waals surface area contributed by atoms with Crippen LogP contribution in [0.2, 0.25) is 0 Å². The van der Waals surface area contributed by atoms with Crippen molar-refractivity contribution in [2.75, 3.05) is 37.1 Å². The lowest BCUT2D eigenvalue weighted by molar-refractivity contribution is -0.125. The number of nitrogens with one attached hydrogen (secondary N) is 1. The number of anilines is 2. The number of carbonyl (C=O) groups excluding carboxylic acids is 2. The van der Waals surface area contributed by atoms with E-state index in [1.165, 1.54) is 5.56 Å². The van der Waals surface area contributed by atoms with Gasteiger partial charge in [0.05, 0.1) is 13.7 Å². The second kappa shape index (κ2) is 9.90. The smallest absolute Gasteiger partial charge is 0.253 e. The van der Waals surface area contributed by atoms with Gasteiger partial charge in [-0.25, -0.2) is 0 Å². The molecule has 1 N–H and O–H groups in total. The SMILES string of the molecule is COc1ccc(CCCCC(=O)Nc2ccc(N3CCOCC3=O)cc2)cc1. The van der Waals surface area contributed by atoms with Gasteiger partial charge in [-0.05, 0) is 61.2 Å². The van der Waals surface area contributed by atoms with E-state index in [-0.39, 0.29) is 18.4 Å². The molecule has 0 radical (unpaired) electrons. The van der Waals surface area contributed by atoms with E-state index in [1.54, 1.807) is 12.0 Å². The minimum absolute atomic E-state index is 0.00456. The lowest BCUT2D eigenvalue weighted by atomic mass is 10.1. The summed E-state index contributed by atoms with van der Waals surface area (Å²) >= 11 is 0. The summed E-state index contributed by atoms with van der Waals surface area (Å²) in [4.78, 5) is 25.7. The van der Waals surface area contributed by atoms with Crippen molar-refractivity contribution >= 4 is 23.2 Å². The average Bonchev–Trinajstić information content (AvgIpc) is 2.73. The van der Waals surface area contributed by atoms with Crippen LogP contribution in [-0.2, 0) is 20.7 Å². The number of methoxy groups -OCH3 is 1. The number of ether oxygens (including phenoxy) is 2. The summed E-state index contributed by atoms with van der Waals surface area (Å²) in [5, 5.41) is 2.91. The number of aryl methyl sites for hydroxylation is 1. The fourth-order valence-electron chi connectivity index (χ4n) is 3.15. The number of unbranched alkanes of at least 4 members (excludes halogenated alkanes) is 1. The molecule has 6 nitrogen and oxygen atoms in total. The summed E-state index contributed by atoms with van der Waals surface area (Å²) in [5.41, 5.74) is 2.81. The Morgan fingerprint density at radius 2 is 1.86 bits per heavy atom. The van der Waals surface area contributed by atoms with Crippen molar-refractivity contribution in [2.45, 2.75) is 25.7 Å². The molecule has 0 aliphatic carbocycles. The zero-order chi connectivity index (χ0) is 19.8. The molecule has 0 atom stereocenters. The Labute approximate surface area is 165 Å². The van der Waals surface area contributed by atoms with E-state index in [2.05, 4.69) is 17.4 Å². The molecule has 1 aliphatic rings. The highest BCUT2D eigenvalue weighted by Crippen LogP contribution is 2.20. The highest BCUT2D eigenvalue weighted by Gasteiger charge is 2.19. The van der Waals surface area contributed by atoms with E-state index in [1.807, 2.05) is 36.4 Å². The third kappa shape index (κ3) is 5.57. The number of amides is 2.